The predicted molar refractivity (Wildman–Crippen MR) is 77.6 cm³/mol. The van der Waals surface area contributed by atoms with Gasteiger partial charge in [-0.15, -0.1) is 16.8 Å². The summed E-state index contributed by atoms with van der Waals surface area (Å²) in [5.41, 5.74) is -0.690. The summed E-state index contributed by atoms with van der Waals surface area (Å²) < 4.78 is 13.7. The van der Waals surface area contributed by atoms with E-state index in [0.717, 1.165) is 11.7 Å². The molecule has 2 rings (SSSR count). The molecule has 8 heteroatoms. The van der Waals surface area contributed by atoms with Gasteiger partial charge >= 0.3 is 0 Å². The maximum Gasteiger partial charge on any atom is 0.265 e. The van der Waals surface area contributed by atoms with E-state index in [1.54, 1.807) is 0 Å². The molecule has 5 nitrogen and oxygen atoms in total. The standard InChI is InChI=1S/C11H18ClN3O2S.ClH/c1-10(2)5-7(6-11(3,4)15(10)16)17-9-8(12)13-18-14-9;/h7,16H,5-6H2,1-4H3;1H. The average molecular weight is 328 g/mol. The van der Waals surface area contributed by atoms with Crippen LogP contribution in [0.3, 0.4) is 0 Å². The summed E-state index contributed by atoms with van der Waals surface area (Å²) >= 11 is 6.92. The van der Waals surface area contributed by atoms with Gasteiger partial charge in [-0.1, -0.05) is 11.6 Å². The Hall–Kier alpha value is -0.140. The molecular formula is C11H19Cl2N3O2S. The fraction of sp³-hybridized carbons (Fsp3) is 0.818. The molecule has 0 unspecified atom stereocenters. The van der Waals surface area contributed by atoms with E-state index < -0.39 is 0 Å². The lowest BCUT2D eigenvalue weighted by Gasteiger charge is -2.50. The monoisotopic (exact) mass is 327 g/mol. The number of piperidine rings is 1. The molecule has 110 valence electrons. The summed E-state index contributed by atoms with van der Waals surface area (Å²) in [5.74, 6) is 0.393. The molecule has 0 radical (unpaired) electrons. The predicted octanol–water partition coefficient (Wildman–Crippen LogP) is 3.40. The van der Waals surface area contributed by atoms with Crippen molar-refractivity contribution in [2.45, 2.75) is 57.7 Å². The molecular weight excluding hydrogens is 309 g/mol. The van der Waals surface area contributed by atoms with Crippen LogP contribution in [0.2, 0.25) is 5.15 Å². The van der Waals surface area contributed by atoms with Crippen LogP contribution in [-0.2, 0) is 0 Å². The zero-order chi connectivity index (χ0) is 13.6. The Morgan fingerprint density at radius 3 is 2.21 bits per heavy atom. The molecule has 1 fully saturated rings. The van der Waals surface area contributed by atoms with Gasteiger partial charge in [0, 0.05) is 23.9 Å². The molecule has 0 spiro atoms. The summed E-state index contributed by atoms with van der Waals surface area (Å²) in [4.78, 5) is 0. The highest BCUT2D eigenvalue weighted by molar-refractivity contribution is 6.99. The Morgan fingerprint density at radius 2 is 1.79 bits per heavy atom. The molecule has 0 aromatic carbocycles. The minimum absolute atomic E-state index is 0. The van der Waals surface area contributed by atoms with Crippen molar-refractivity contribution < 1.29 is 9.94 Å². The van der Waals surface area contributed by atoms with Gasteiger partial charge in [0.1, 0.15) is 6.10 Å². The number of rotatable bonds is 2. The summed E-state index contributed by atoms with van der Waals surface area (Å²) in [7, 11) is 0. The normalized spacial score (nSPS) is 22.8. The van der Waals surface area contributed by atoms with Crippen LogP contribution >= 0.6 is 35.7 Å². The molecule has 0 atom stereocenters. The quantitative estimate of drug-likeness (QED) is 0.902. The van der Waals surface area contributed by atoms with Crippen molar-refractivity contribution >= 4 is 35.7 Å². The maximum atomic E-state index is 10.2. The molecule has 1 aliphatic rings. The van der Waals surface area contributed by atoms with Gasteiger partial charge in [-0.25, -0.2) is 0 Å². The van der Waals surface area contributed by atoms with Crippen molar-refractivity contribution in [2.24, 2.45) is 0 Å². The summed E-state index contributed by atoms with van der Waals surface area (Å²) in [5, 5.41) is 11.9. The second-order valence-electron chi connectivity index (χ2n) is 5.94. The second kappa shape index (κ2) is 5.69. The van der Waals surface area contributed by atoms with E-state index >= 15 is 0 Å². The Labute approximate surface area is 128 Å². The number of hydroxylamine groups is 2. The van der Waals surface area contributed by atoms with Crippen LogP contribution in [0.4, 0.5) is 0 Å². The fourth-order valence-electron chi connectivity index (χ4n) is 2.66. The number of halogens is 2. The number of aromatic nitrogens is 2. The van der Waals surface area contributed by atoms with Crippen molar-refractivity contribution in [2.75, 3.05) is 0 Å². The van der Waals surface area contributed by atoms with Gasteiger partial charge in [-0.05, 0) is 27.7 Å². The average Bonchev–Trinajstić information content (AvgIpc) is 2.60. The molecule has 19 heavy (non-hydrogen) atoms. The fourth-order valence-corrected chi connectivity index (χ4v) is 3.28. The Bertz CT molecular complexity index is 421. The summed E-state index contributed by atoms with van der Waals surface area (Å²) in [6, 6.07) is 0. The largest absolute Gasteiger partial charge is 0.471 e. The third-order valence-electron chi connectivity index (χ3n) is 3.30. The third kappa shape index (κ3) is 3.49. The summed E-state index contributed by atoms with van der Waals surface area (Å²) in [6.45, 7) is 7.96. The van der Waals surface area contributed by atoms with Gasteiger partial charge in [0.05, 0.1) is 11.7 Å². The van der Waals surface area contributed by atoms with E-state index in [0.29, 0.717) is 23.9 Å². The minimum Gasteiger partial charge on any atom is -0.471 e. The van der Waals surface area contributed by atoms with E-state index in [-0.39, 0.29) is 29.6 Å². The highest BCUT2D eigenvalue weighted by Crippen LogP contribution is 2.38. The first-order valence-corrected chi connectivity index (χ1v) is 6.97. The van der Waals surface area contributed by atoms with Crippen molar-refractivity contribution in [3.05, 3.63) is 5.15 Å². The molecule has 1 N–H and O–H groups in total. The topological polar surface area (TPSA) is 58.5 Å². The van der Waals surface area contributed by atoms with Gasteiger partial charge in [-0.3, -0.25) is 0 Å². The van der Waals surface area contributed by atoms with Crippen molar-refractivity contribution in [1.29, 1.82) is 0 Å². The molecule has 0 bridgehead atoms. The zero-order valence-electron chi connectivity index (χ0n) is 11.4. The first-order valence-electron chi connectivity index (χ1n) is 5.86. The van der Waals surface area contributed by atoms with Crippen LogP contribution in [-0.4, -0.2) is 36.2 Å². The minimum atomic E-state index is -0.345. The lowest BCUT2D eigenvalue weighted by molar-refractivity contribution is -0.255. The van der Waals surface area contributed by atoms with Crippen molar-refractivity contribution in [3.63, 3.8) is 0 Å². The molecule has 0 amide bonds. The van der Waals surface area contributed by atoms with Crippen LogP contribution in [0.25, 0.3) is 0 Å². The van der Waals surface area contributed by atoms with E-state index in [9.17, 15) is 5.21 Å². The number of nitrogens with zero attached hydrogens (tertiary/aromatic N) is 3. The smallest absolute Gasteiger partial charge is 0.265 e. The molecule has 2 heterocycles. The Balaban J connectivity index is 0.00000180. The zero-order valence-corrected chi connectivity index (χ0v) is 13.8. The second-order valence-corrected chi connectivity index (χ2v) is 6.83. The maximum absolute atomic E-state index is 10.2. The number of hydrogen-bond acceptors (Lipinski definition) is 6. The van der Waals surface area contributed by atoms with E-state index in [1.807, 2.05) is 27.7 Å². The molecule has 0 aliphatic carbocycles. The molecule has 1 aromatic heterocycles. The first kappa shape index (κ1) is 16.9. The SMILES string of the molecule is CC1(C)CC(Oc2nsnc2Cl)CC(C)(C)N1O.Cl. The summed E-state index contributed by atoms with van der Waals surface area (Å²) in [6.07, 6.45) is 1.39. The Morgan fingerprint density at radius 1 is 1.26 bits per heavy atom. The molecule has 1 aromatic rings. The van der Waals surface area contributed by atoms with E-state index in [4.69, 9.17) is 16.3 Å². The van der Waals surface area contributed by atoms with Crippen LogP contribution in [0.15, 0.2) is 0 Å². The third-order valence-corrected chi connectivity index (χ3v) is 4.16. The number of ether oxygens (including phenoxy) is 1. The highest BCUT2D eigenvalue weighted by Gasteiger charge is 2.46. The van der Waals surface area contributed by atoms with Gasteiger partial charge in [0.15, 0.2) is 0 Å². The van der Waals surface area contributed by atoms with Crippen LogP contribution < -0.4 is 4.74 Å². The van der Waals surface area contributed by atoms with Crippen molar-refractivity contribution in [3.8, 4) is 5.88 Å². The van der Waals surface area contributed by atoms with Crippen LogP contribution in [0.1, 0.15) is 40.5 Å². The van der Waals surface area contributed by atoms with Gasteiger partial charge in [0.25, 0.3) is 5.88 Å². The van der Waals surface area contributed by atoms with Gasteiger partial charge in [0.2, 0.25) is 5.15 Å². The molecule has 0 saturated carbocycles. The van der Waals surface area contributed by atoms with E-state index in [2.05, 4.69) is 8.75 Å². The lowest BCUT2D eigenvalue weighted by Crippen LogP contribution is -2.61. The van der Waals surface area contributed by atoms with Crippen LogP contribution in [0, 0.1) is 0 Å². The van der Waals surface area contributed by atoms with E-state index in [1.165, 1.54) is 5.06 Å². The van der Waals surface area contributed by atoms with Crippen molar-refractivity contribution in [1.82, 2.24) is 13.8 Å². The lowest BCUT2D eigenvalue weighted by atomic mass is 9.80. The molecule has 1 saturated heterocycles. The highest BCUT2D eigenvalue weighted by atomic mass is 35.5. The number of hydrogen-bond donors (Lipinski definition) is 1. The van der Waals surface area contributed by atoms with Gasteiger partial charge < -0.3 is 9.94 Å². The Kier molecular flexibility index (Phi) is 5.07. The molecule has 1 aliphatic heterocycles. The van der Waals surface area contributed by atoms with Crippen LogP contribution in [0.5, 0.6) is 5.88 Å². The first-order chi connectivity index (χ1) is 8.22. The van der Waals surface area contributed by atoms with Gasteiger partial charge in [-0.2, -0.15) is 9.44 Å².